The molecule has 0 amide bonds. The minimum absolute atomic E-state index is 0.148. The molecule has 0 aliphatic carbocycles. The van der Waals surface area contributed by atoms with Crippen LogP contribution in [0.3, 0.4) is 0 Å². The van der Waals surface area contributed by atoms with Gasteiger partial charge in [-0.1, -0.05) is 30.3 Å². The molecule has 1 atom stereocenters. The summed E-state index contributed by atoms with van der Waals surface area (Å²) in [5.74, 6) is 0.712. The van der Waals surface area contributed by atoms with Gasteiger partial charge in [0.2, 0.25) is 5.95 Å². The van der Waals surface area contributed by atoms with Crippen molar-refractivity contribution in [1.82, 2.24) is 9.97 Å². The lowest BCUT2D eigenvalue weighted by atomic mass is 10.1. The van der Waals surface area contributed by atoms with Gasteiger partial charge in [-0.3, -0.25) is 0 Å². The predicted molar refractivity (Wildman–Crippen MR) is 87.2 cm³/mol. The zero-order valence-corrected chi connectivity index (χ0v) is 12.2. The summed E-state index contributed by atoms with van der Waals surface area (Å²) in [6, 6.07) is 16.1. The van der Waals surface area contributed by atoms with E-state index in [0.717, 1.165) is 22.2 Å². The highest BCUT2D eigenvalue weighted by molar-refractivity contribution is 5.78. The fraction of sp³-hybridized carbons (Fsp3) is 0.176. The number of nitrogens with two attached hydrogens (primary N) is 1. The van der Waals surface area contributed by atoms with Gasteiger partial charge in [-0.15, -0.1) is 0 Å². The molecule has 1 aromatic heterocycles. The van der Waals surface area contributed by atoms with Crippen molar-refractivity contribution >= 4 is 22.5 Å². The second-order valence-electron chi connectivity index (χ2n) is 5.19. The Morgan fingerprint density at radius 3 is 2.71 bits per heavy atom. The minimum Gasteiger partial charge on any atom is -0.399 e. The van der Waals surface area contributed by atoms with Gasteiger partial charge < -0.3 is 10.6 Å². The molecule has 106 valence electrons. The average Bonchev–Trinajstić information content (AvgIpc) is 2.53. The Balaban J connectivity index is 1.94. The van der Waals surface area contributed by atoms with Gasteiger partial charge in [0, 0.05) is 24.3 Å². The number of hydrogen-bond acceptors (Lipinski definition) is 4. The van der Waals surface area contributed by atoms with Crippen molar-refractivity contribution in [3.8, 4) is 0 Å². The number of anilines is 2. The van der Waals surface area contributed by atoms with Crippen LogP contribution in [0, 0.1) is 0 Å². The monoisotopic (exact) mass is 278 g/mol. The summed E-state index contributed by atoms with van der Waals surface area (Å²) in [7, 11) is 2.00. The molecular formula is C17H18N4. The molecular weight excluding hydrogens is 260 g/mol. The topological polar surface area (TPSA) is 55.0 Å². The summed E-state index contributed by atoms with van der Waals surface area (Å²) in [6.45, 7) is 2.12. The van der Waals surface area contributed by atoms with Crippen molar-refractivity contribution in [1.29, 1.82) is 0 Å². The van der Waals surface area contributed by atoms with E-state index in [1.165, 1.54) is 0 Å². The Morgan fingerprint density at radius 2 is 1.90 bits per heavy atom. The Morgan fingerprint density at radius 1 is 1.10 bits per heavy atom. The lowest BCUT2D eigenvalue weighted by Crippen LogP contribution is -2.23. The molecule has 1 heterocycles. The van der Waals surface area contributed by atoms with E-state index in [1.807, 2.05) is 55.7 Å². The molecule has 0 aliphatic heterocycles. The number of rotatable bonds is 3. The molecule has 4 nitrogen and oxygen atoms in total. The number of fused-ring (bicyclic) bond motifs is 1. The number of para-hydroxylation sites is 1. The standard InChI is InChI=1S/C17H18N4/c1-12(13-7-5-8-15(18)10-13)21(2)17-19-11-14-6-3-4-9-16(14)20-17/h3-12H,18H2,1-2H3. The fourth-order valence-electron chi connectivity index (χ4n) is 2.35. The second kappa shape index (κ2) is 5.40. The molecule has 0 aliphatic rings. The molecule has 1 unspecified atom stereocenters. The van der Waals surface area contributed by atoms with E-state index in [2.05, 4.69) is 27.9 Å². The Bertz CT molecular complexity index is 769. The molecule has 0 radical (unpaired) electrons. The molecule has 4 heteroatoms. The van der Waals surface area contributed by atoms with Crippen molar-refractivity contribution in [2.45, 2.75) is 13.0 Å². The van der Waals surface area contributed by atoms with E-state index >= 15 is 0 Å². The SMILES string of the molecule is CC(c1cccc(N)c1)N(C)c1ncc2ccccc2n1. The van der Waals surface area contributed by atoms with Crippen molar-refractivity contribution in [2.24, 2.45) is 0 Å². The van der Waals surface area contributed by atoms with Crippen LogP contribution in [0.4, 0.5) is 11.6 Å². The first-order chi connectivity index (χ1) is 10.1. The Kier molecular flexibility index (Phi) is 3.44. The van der Waals surface area contributed by atoms with Crippen LogP contribution < -0.4 is 10.6 Å². The van der Waals surface area contributed by atoms with Crippen LogP contribution in [0.5, 0.6) is 0 Å². The first kappa shape index (κ1) is 13.4. The predicted octanol–water partition coefficient (Wildman–Crippen LogP) is 3.41. The van der Waals surface area contributed by atoms with Crippen LogP contribution in [0.15, 0.2) is 54.7 Å². The van der Waals surface area contributed by atoms with Crippen LogP contribution in [-0.2, 0) is 0 Å². The first-order valence-corrected chi connectivity index (χ1v) is 6.95. The number of hydrogen-bond donors (Lipinski definition) is 1. The van der Waals surface area contributed by atoms with E-state index in [1.54, 1.807) is 0 Å². The lowest BCUT2D eigenvalue weighted by molar-refractivity contribution is 0.718. The number of aromatic nitrogens is 2. The van der Waals surface area contributed by atoms with Crippen molar-refractivity contribution in [3.05, 3.63) is 60.3 Å². The minimum atomic E-state index is 0.148. The summed E-state index contributed by atoms with van der Waals surface area (Å²) in [6.07, 6.45) is 1.86. The third kappa shape index (κ3) is 2.65. The van der Waals surface area contributed by atoms with Gasteiger partial charge >= 0.3 is 0 Å². The molecule has 21 heavy (non-hydrogen) atoms. The highest BCUT2D eigenvalue weighted by atomic mass is 15.2. The van der Waals surface area contributed by atoms with E-state index in [0.29, 0.717) is 5.95 Å². The van der Waals surface area contributed by atoms with Crippen molar-refractivity contribution < 1.29 is 0 Å². The molecule has 2 N–H and O–H groups in total. The fourth-order valence-corrected chi connectivity index (χ4v) is 2.35. The molecule has 3 aromatic rings. The second-order valence-corrected chi connectivity index (χ2v) is 5.19. The maximum absolute atomic E-state index is 5.86. The van der Waals surface area contributed by atoms with E-state index in [9.17, 15) is 0 Å². The summed E-state index contributed by atoms with van der Waals surface area (Å²) in [5, 5.41) is 1.05. The Hall–Kier alpha value is -2.62. The molecule has 0 saturated carbocycles. The van der Waals surface area contributed by atoms with Crippen LogP contribution in [0.25, 0.3) is 10.9 Å². The molecule has 0 bridgehead atoms. The summed E-state index contributed by atoms with van der Waals surface area (Å²) in [4.78, 5) is 11.1. The van der Waals surface area contributed by atoms with Gasteiger partial charge in [-0.25, -0.2) is 9.97 Å². The molecule has 0 spiro atoms. The van der Waals surface area contributed by atoms with Gasteiger partial charge in [0.1, 0.15) is 0 Å². The number of nitrogens with zero attached hydrogens (tertiary/aromatic N) is 3. The summed E-state index contributed by atoms with van der Waals surface area (Å²) >= 11 is 0. The zero-order chi connectivity index (χ0) is 14.8. The van der Waals surface area contributed by atoms with Gasteiger partial charge in [-0.05, 0) is 30.7 Å². The zero-order valence-electron chi connectivity index (χ0n) is 12.2. The number of nitrogen functional groups attached to an aromatic ring is 1. The third-order valence-corrected chi connectivity index (χ3v) is 3.77. The van der Waals surface area contributed by atoms with Gasteiger partial charge in [0.25, 0.3) is 0 Å². The smallest absolute Gasteiger partial charge is 0.226 e. The van der Waals surface area contributed by atoms with Crippen LogP contribution in [0.2, 0.25) is 0 Å². The van der Waals surface area contributed by atoms with Crippen molar-refractivity contribution in [2.75, 3.05) is 17.7 Å². The first-order valence-electron chi connectivity index (χ1n) is 6.95. The van der Waals surface area contributed by atoms with Gasteiger partial charge in [-0.2, -0.15) is 0 Å². The van der Waals surface area contributed by atoms with Crippen LogP contribution >= 0.6 is 0 Å². The lowest BCUT2D eigenvalue weighted by Gasteiger charge is -2.25. The largest absolute Gasteiger partial charge is 0.399 e. The highest BCUT2D eigenvalue weighted by Crippen LogP contribution is 2.24. The molecule has 2 aromatic carbocycles. The maximum Gasteiger partial charge on any atom is 0.226 e. The molecule has 0 saturated heterocycles. The average molecular weight is 278 g/mol. The van der Waals surface area contributed by atoms with E-state index in [-0.39, 0.29) is 6.04 Å². The van der Waals surface area contributed by atoms with Gasteiger partial charge in [0.15, 0.2) is 0 Å². The maximum atomic E-state index is 5.86. The normalized spacial score (nSPS) is 12.3. The van der Waals surface area contributed by atoms with Gasteiger partial charge in [0.05, 0.1) is 11.6 Å². The summed E-state index contributed by atoms with van der Waals surface area (Å²) < 4.78 is 0. The molecule has 3 rings (SSSR count). The molecule has 0 fully saturated rings. The van der Waals surface area contributed by atoms with Crippen LogP contribution in [0.1, 0.15) is 18.5 Å². The van der Waals surface area contributed by atoms with Crippen LogP contribution in [-0.4, -0.2) is 17.0 Å². The van der Waals surface area contributed by atoms with Crippen molar-refractivity contribution in [3.63, 3.8) is 0 Å². The quantitative estimate of drug-likeness (QED) is 0.746. The van der Waals surface area contributed by atoms with E-state index in [4.69, 9.17) is 5.73 Å². The Labute approximate surface area is 124 Å². The highest BCUT2D eigenvalue weighted by Gasteiger charge is 2.15. The van der Waals surface area contributed by atoms with E-state index < -0.39 is 0 Å². The number of benzene rings is 2. The third-order valence-electron chi connectivity index (χ3n) is 3.77. The summed E-state index contributed by atoms with van der Waals surface area (Å²) in [5.41, 5.74) is 8.73.